The first-order valence-electron chi connectivity index (χ1n) is 8.94. The molecule has 0 saturated carbocycles. The maximum absolute atomic E-state index is 13.1. The predicted octanol–water partition coefficient (Wildman–Crippen LogP) is 3.09. The topological polar surface area (TPSA) is 77.1 Å². The molecule has 0 spiro atoms. The summed E-state index contributed by atoms with van der Waals surface area (Å²) >= 11 is 0. The van der Waals surface area contributed by atoms with Crippen molar-refractivity contribution in [2.45, 2.75) is 6.18 Å². The summed E-state index contributed by atoms with van der Waals surface area (Å²) in [5, 5.41) is 2.41. The van der Waals surface area contributed by atoms with E-state index in [1.807, 2.05) is 0 Å². The number of fused-ring (bicyclic) bond motifs is 1. The van der Waals surface area contributed by atoms with Crippen molar-refractivity contribution < 1.29 is 37.0 Å². The van der Waals surface area contributed by atoms with E-state index in [9.17, 15) is 22.8 Å². The van der Waals surface area contributed by atoms with Crippen LogP contribution >= 0.6 is 0 Å². The number of nitrogens with one attached hydrogen (secondary N) is 1. The van der Waals surface area contributed by atoms with Gasteiger partial charge in [0.25, 0.3) is 5.91 Å². The molecule has 2 aromatic carbocycles. The second-order valence-electron chi connectivity index (χ2n) is 6.33. The largest absolute Gasteiger partial charge is 0.489 e. The van der Waals surface area contributed by atoms with Gasteiger partial charge in [0.1, 0.15) is 24.7 Å². The summed E-state index contributed by atoms with van der Waals surface area (Å²) in [6, 6.07) is 9.45. The average Bonchev–Trinajstić information content (AvgIpc) is 2.70. The Balaban J connectivity index is 1.80. The molecule has 1 aliphatic rings. The predicted molar refractivity (Wildman–Crippen MR) is 102 cm³/mol. The van der Waals surface area contributed by atoms with Gasteiger partial charge in [0, 0.05) is 7.11 Å². The summed E-state index contributed by atoms with van der Waals surface area (Å²) < 4.78 is 54.9. The van der Waals surface area contributed by atoms with Gasteiger partial charge in [-0.25, -0.2) is 0 Å². The van der Waals surface area contributed by atoms with E-state index in [2.05, 4.69) is 5.32 Å². The van der Waals surface area contributed by atoms with Crippen molar-refractivity contribution in [2.24, 2.45) is 0 Å². The number of halogens is 3. The molecule has 1 aliphatic heterocycles. The normalized spacial score (nSPS) is 13.5. The van der Waals surface area contributed by atoms with Gasteiger partial charge < -0.3 is 19.5 Å². The van der Waals surface area contributed by atoms with E-state index in [1.165, 1.54) is 12.0 Å². The summed E-state index contributed by atoms with van der Waals surface area (Å²) in [6.07, 6.45) is -4.59. The van der Waals surface area contributed by atoms with Gasteiger partial charge in [0.15, 0.2) is 6.61 Å². The number of methoxy groups -OCH3 is 1. The summed E-state index contributed by atoms with van der Waals surface area (Å²) in [6.45, 7) is -0.334. The van der Waals surface area contributed by atoms with Crippen molar-refractivity contribution in [2.75, 3.05) is 43.7 Å². The number of anilines is 2. The zero-order chi connectivity index (χ0) is 21.7. The zero-order valence-electron chi connectivity index (χ0n) is 16.0. The zero-order valence-corrected chi connectivity index (χ0v) is 16.0. The lowest BCUT2D eigenvalue weighted by molar-refractivity contribution is -0.137. The SMILES string of the molecule is COCCOc1ccc(C(F)(F)F)cc1NC(=O)CN1C(=O)COc2ccccc21. The molecule has 0 aromatic heterocycles. The van der Waals surface area contributed by atoms with Gasteiger partial charge in [-0.05, 0) is 30.3 Å². The van der Waals surface area contributed by atoms with E-state index >= 15 is 0 Å². The number of rotatable bonds is 7. The Labute approximate surface area is 170 Å². The van der Waals surface area contributed by atoms with Crippen LogP contribution in [0, 0.1) is 0 Å². The fourth-order valence-corrected chi connectivity index (χ4v) is 2.83. The summed E-state index contributed by atoms with van der Waals surface area (Å²) in [5.74, 6) is -0.630. The number of amides is 2. The number of benzene rings is 2. The molecule has 0 aliphatic carbocycles. The summed E-state index contributed by atoms with van der Waals surface area (Å²) in [7, 11) is 1.45. The van der Waals surface area contributed by atoms with Gasteiger partial charge in [-0.15, -0.1) is 0 Å². The number of hydrogen-bond donors (Lipinski definition) is 1. The molecule has 2 amide bonds. The molecule has 160 valence electrons. The minimum atomic E-state index is -4.59. The minimum absolute atomic E-state index is 0.0575. The highest BCUT2D eigenvalue weighted by Crippen LogP contribution is 2.35. The number of carbonyl (C=O) groups excluding carboxylic acids is 2. The van der Waals surface area contributed by atoms with Crippen LogP contribution in [0.2, 0.25) is 0 Å². The van der Waals surface area contributed by atoms with E-state index in [0.29, 0.717) is 11.4 Å². The van der Waals surface area contributed by atoms with Gasteiger partial charge >= 0.3 is 6.18 Å². The second-order valence-corrected chi connectivity index (χ2v) is 6.33. The maximum Gasteiger partial charge on any atom is 0.416 e. The molecule has 1 N–H and O–H groups in total. The average molecular weight is 424 g/mol. The van der Waals surface area contributed by atoms with Crippen molar-refractivity contribution in [1.29, 1.82) is 0 Å². The molecule has 30 heavy (non-hydrogen) atoms. The van der Waals surface area contributed by atoms with Crippen LogP contribution in [0.5, 0.6) is 11.5 Å². The number of carbonyl (C=O) groups is 2. The second kappa shape index (κ2) is 9.04. The molecule has 0 bridgehead atoms. The summed E-state index contributed by atoms with van der Waals surface area (Å²) in [5.41, 5.74) is -0.686. The van der Waals surface area contributed by atoms with Crippen molar-refractivity contribution in [3.05, 3.63) is 48.0 Å². The van der Waals surface area contributed by atoms with Crippen LogP contribution in [-0.4, -0.2) is 45.3 Å². The number of para-hydroxylation sites is 2. The molecule has 2 aromatic rings. The Hall–Kier alpha value is -3.27. The van der Waals surface area contributed by atoms with Gasteiger partial charge in [-0.2, -0.15) is 13.2 Å². The Kier molecular flexibility index (Phi) is 6.46. The maximum atomic E-state index is 13.1. The van der Waals surface area contributed by atoms with Crippen molar-refractivity contribution in [1.82, 2.24) is 0 Å². The smallest absolute Gasteiger partial charge is 0.416 e. The number of nitrogens with zero attached hydrogens (tertiary/aromatic N) is 1. The molecule has 0 fully saturated rings. The van der Waals surface area contributed by atoms with Crippen LogP contribution < -0.4 is 19.7 Å². The molecular formula is C20H19F3N2O5. The third-order valence-electron chi connectivity index (χ3n) is 4.24. The van der Waals surface area contributed by atoms with Crippen LogP contribution in [-0.2, 0) is 20.5 Å². The van der Waals surface area contributed by atoms with Crippen LogP contribution in [0.4, 0.5) is 24.5 Å². The van der Waals surface area contributed by atoms with Gasteiger partial charge in [-0.1, -0.05) is 12.1 Å². The van der Waals surface area contributed by atoms with Crippen molar-refractivity contribution in [3.8, 4) is 11.5 Å². The number of alkyl halides is 3. The van der Waals surface area contributed by atoms with Crippen LogP contribution in [0.25, 0.3) is 0 Å². The quantitative estimate of drug-likeness (QED) is 0.692. The Morgan fingerprint density at radius 3 is 2.70 bits per heavy atom. The van der Waals surface area contributed by atoms with Gasteiger partial charge in [0.2, 0.25) is 5.91 Å². The fourth-order valence-electron chi connectivity index (χ4n) is 2.83. The molecule has 7 nitrogen and oxygen atoms in total. The molecule has 0 unspecified atom stereocenters. The Morgan fingerprint density at radius 1 is 1.20 bits per heavy atom. The standard InChI is InChI=1S/C20H19F3N2O5/c1-28-8-9-29-16-7-6-13(20(21,22)23)10-14(16)24-18(26)11-25-15-4-2-3-5-17(15)30-12-19(25)27/h2-7,10H,8-9,11-12H2,1H3,(H,24,26). The van der Waals surface area contributed by atoms with Crippen LogP contribution in [0.3, 0.4) is 0 Å². The molecule has 0 radical (unpaired) electrons. The Bertz CT molecular complexity index is 933. The minimum Gasteiger partial charge on any atom is -0.489 e. The molecule has 1 heterocycles. The van der Waals surface area contributed by atoms with E-state index in [-0.39, 0.29) is 31.3 Å². The first kappa shape index (κ1) is 21.4. The highest BCUT2D eigenvalue weighted by molar-refractivity contribution is 6.05. The molecule has 10 heteroatoms. The van der Waals surface area contributed by atoms with E-state index in [4.69, 9.17) is 14.2 Å². The third-order valence-corrected chi connectivity index (χ3v) is 4.24. The van der Waals surface area contributed by atoms with Gasteiger partial charge in [0.05, 0.1) is 23.5 Å². The summed E-state index contributed by atoms with van der Waals surface area (Å²) in [4.78, 5) is 26.0. The highest BCUT2D eigenvalue weighted by atomic mass is 19.4. The van der Waals surface area contributed by atoms with Crippen LogP contribution in [0.1, 0.15) is 5.56 Å². The number of hydrogen-bond acceptors (Lipinski definition) is 5. The molecule has 0 atom stereocenters. The molecule has 3 rings (SSSR count). The van der Waals surface area contributed by atoms with E-state index in [0.717, 1.165) is 18.2 Å². The first-order chi connectivity index (χ1) is 14.3. The molecule has 0 saturated heterocycles. The van der Waals surface area contributed by atoms with Gasteiger partial charge in [-0.3, -0.25) is 14.5 Å². The number of ether oxygens (including phenoxy) is 3. The molecular weight excluding hydrogens is 405 g/mol. The lowest BCUT2D eigenvalue weighted by Gasteiger charge is -2.28. The first-order valence-corrected chi connectivity index (χ1v) is 8.94. The fraction of sp³-hybridized carbons (Fsp3) is 0.300. The van der Waals surface area contributed by atoms with Crippen molar-refractivity contribution in [3.63, 3.8) is 0 Å². The third kappa shape index (κ3) is 5.01. The van der Waals surface area contributed by atoms with E-state index in [1.54, 1.807) is 24.3 Å². The lowest BCUT2D eigenvalue weighted by Crippen LogP contribution is -2.43. The van der Waals surface area contributed by atoms with E-state index < -0.39 is 30.1 Å². The highest BCUT2D eigenvalue weighted by Gasteiger charge is 2.32. The lowest BCUT2D eigenvalue weighted by atomic mass is 10.1. The van der Waals surface area contributed by atoms with Crippen LogP contribution in [0.15, 0.2) is 42.5 Å². The van der Waals surface area contributed by atoms with Crippen molar-refractivity contribution >= 4 is 23.2 Å². The Morgan fingerprint density at radius 2 is 1.97 bits per heavy atom. The monoisotopic (exact) mass is 424 g/mol.